The summed E-state index contributed by atoms with van der Waals surface area (Å²) in [5.74, 6) is 0.896. The van der Waals surface area contributed by atoms with E-state index in [0.29, 0.717) is 13.1 Å². The lowest BCUT2D eigenvalue weighted by molar-refractivity contribution is 0.268. The maximum absolute atomic E-state index is 8.76. The first-order valence-corrected chi connectivity index (χ1v) is 5.56. The molecule has 6 nitrogen and oxygen atoms in total. The predicted molar refractivity (Wildman–Crippen MR) is 61.1 cm³/mol. The molecule has 0 radical (unpaired) electrons. The molecule has 2 aromatic heterocycles. The highest BCUT2D eigenvalue weighted by Gasteiger charge is 2.08. The molecule has 0 aromatic carbocycles. The van der Waals surface area contributed by atoms with Gasteiger partial charge in [-0.25, -0.2) is 4.68 Å². The maximum atomic E-state index is 8.76. The van der Waals surface area contributed by atoms with Crippen LogP contribution in [0.5, 0.6) is 0 Å². The number of hydrogen-bond acceptors (Lipinski definition) is 5. The van der Waals surface area contributed by atoms with E-state index >= 15 is 0 Å². The minimum Gasteiger partial charge on any atom is -0.468 e. The monoisotopic (exact) mass is 236 g/mol. The second-order valence-corrected chi connectivity index (χ2v) is 3.81. The third-order valence-electron chi connectivity index (χ3n) is 2.47. The minimum absolute atomic E-state index is 0.0685. The van der Waals surface area contributed by atoms with Crippen molar-refractivity contribution >= 4 is 0 Å². The van der Waals surface area contributed by atoms with Crippen LogP contribution in [0.1, 0.15) is 24.4 Å². The largest absolute Gasteiger partial charge is 0.468 e. The van der Waals surface area contributed by atoms with Crippen molar-refractivity contribution in [1.82, 2.24) is 20.3 Å². The van der Waals surface area contributed by atoms with Crippen molar-refractivity contribution in [3.63, 3.8) is 0 Å². The molecule has 0 saturated carbocycles. The molecule has 0 aliphatic carbocycles. The number of aliphatic hydroxyl groups excluding tert-OH is 1. The van der Waals surface area contributed by atoms with Crippen molar-refractivity contribution in [3.05, 3.63) is 36.0 Å². The molecule has 0 saturated heterocycles. The van der Waals surface area contributed by atoms with E-state index in [9.17, 15) is 0 Å². The summed E-state index contributed by atoms with van der Waals surface area (Å²) in [6.07, 6.45) is 3.48. The first-order valence-electron chi connectivity index (χ1n) is 5.56. The van der Waals surface area contributed by atoms with Gasteiger partial charge in [0, 0.05) is 12.7 Å². The summed E-state index contributed by atoms with van der Waals surface area (Å²) in [5.41, 5.74) is 0.844. The Morgan fingerprint density at radius 3 is 3.18 bits per heavy atom. The van der Waals surface area contributed by atoms with Crippen LogP contribution in [0, 0.1) is 0 Å². The molecule has 1 unspecified atom stereocenters. The van der Waals surface area contributed by atoms with E-state index in [2.05, 4.69) is 15.6 Å². The van der Waals surface area contributed by atoms with Crippen molar-refractivity contribution in [1.29, 1.82) is 0 Å². The second-order valence-electron chi connectivity index (χ2n) is 3.81. The van der Waals surface area contributed by atoms with Crippen LogP contribution in [0.3, 0.4) is 0 Å². The lowest BCUT2D eigenvalue weighted by atomic mass is 10.2. The summed E-state index contributed by atoms with van der Waals surface area (Å²) in [7, 11) is 0. The van der Waals surface area contributed by atoms with Gasteiger partial charge in [0.2, 0.25) is 0 Å². The van der Waals surface area contributed by atoms with Gasteiger partial charge in [-0.3, -0.25) is 0 Å². The summed E-state index contributed by atoms with van der Waals surface area (Å²) in [6.45, 7) is 3.18. The highest BCUT2D eigenvalue weighted by Crippen LogP contribution is 2.12. The summed E-state index contributed by atoms with van der Waals surface area (Å²) in [6, 6.07) is 3.93. The third kappa shape index (κ3) is 3.15. The third-order valence-corrected chi connectivity index (χ3v) is 2.47. The van der Waals surface area contributed by atoms with Gasteiger partial charge in [-0.1, -0.05) is 5.21 Å². The number of furan rings is 1. The molecule has 0 bridgehead atoms. The molecular formula is C11H16N4O2. The molecule has 2 rings (SSSR count). The van der Waals surface area contributed by atoms with Gasteiger partial charge in [-0.2, -0.15) is 0 Å². The number of aliphatic hydroxyl groups is 1. The van der Waals surface area contributed by atoms with E-state index < -0.39 is 0 Å². The van der Waals surface area contributed by atoms with E-state index in [1.807, 2.05) is 25.3 Å². The zero-order valence-electron chi connectivity index (χ0n) is 9.71. The van der Waals surface area contributed by atoms with Crippen LogP contribution in [0.2, 0.25) is 0 Å². The first-order chi connectivity index (χ1) is 8.29. The van der Waals surface area contributed by atoms with Crippen LogP contribution >= 0.6 is 0 Å². The number of hydrogen-bond donors (Lipinski definition) is 2. The molecule has 17 heavy (non-hydrogen) atoms. The summed E-state index contributed by atoms with van der Waals surface area (Å²) in [5, 5.41) is 19.9. The van der Waals surface area contributed by atoms with Gasteiger partial charge < -0.3 is 14.8 Å². The van der Waals surface area contributed by atoms with Crippen LogP contribution in [0.15, 0.2) is 29.0 Å². The molecule has 0 aliphatic heterocycles. The van der Waals surface area contributed by atoms with Crippen LogP contribution < -0.4 is 5.32 Å². The van der Waals surface area contributed by atoms with Crippen molar-refractivity contribution in [2.45, 2.75) is 26.1 Å². The van der Waals surface area contributed by atoms with E-state index in [1.165, 1.54) is 0 Å². The zero-order chi connectivity index (χ0) is 12.1. The molecule has 6 heteroatoms. The molecule has 0 fully saturated rings. The van der Waals surface area contributed by atoms with E-state index in [-0.39, 0.29) is 12.6 Å². The molecule has 2 N–H and O–H groups in total. The Morgan fingerprint density at radius 2 is 2.47 bits per heavy atom. The fourth-order valence-electron chi connectivity index (χ4n) is 1.53. The topological polar surface area (TPSA) is 76.1 Å². The van der Waals surface area contributed by atoms with Gasteiger partial charge in [-0.05, 0) is 19.1 Å². The van der Waals surface area contributed by atoms with Crippen molar-refractivity contribution in [3.8, 4) is 0 Å². The zero-order valence-corrected chi connectivity index (χ0v) is 9.71. The fourth-order valence-corrected chi connectivity index (χ4v) is 1.53. The van der Waals surface area contributed by atoms with Crippen molar-refractivity contribution in [2.75, 3.05) is 6.61 Å². The molecule has 0 amide bonds. The molecule has 1 atom stereocenters. The van der Waals surface area contributed by atoms with Gasteiger partial charge in [0.25, 0.3) is 0 Å². The number of rotatable bonds is 6. The van der Waals surface area contributed by atoms with Crippen LogP contribution in [0.4, 0.5) is 0 Å². The normalized spacial score (nSPS) is 12.8. The molecule has 2 heterocycles. The average molecular weight is 236 g/mol. The maximum Gasteiger partial charge on any atom is 0.120 e. The van der Waals surface area contributed by atoms with Crippen LogP contribution in [-0.2, 0) is 13.1 Å². The summed E-state index contributed by atoms with van der Waals surface area (Å²) < 4.78 is 6.91. The quantitative estimate of drug-likeness (QED) is 0.772. The van der Waals surface area contributed by atoms with Gasteiger partial charge >= 0.3 is 0 Å². The van der Waals surface area contributed by atoms with Gasteiger partial charge in [0.15, 0.2) is 0 Å². The van der Waals surface area contributed by atoms with E-state index in [4.69, 9.17) is 9.52 Å². The smallest absolute Gasteiger partial charge is 0.120 e. The fraction of sp³-hybridized carbons (Fsp3) is 0.455. The number of nitrogens with zero attached hydrogens (tertiary/aromatic N) is 3. The first kappa shape index (κ1) is 11.8. The van der Waals surface area contributed by atoms with Gasteiger partial charge in [0.1, 0.15) is 5.76 Å². The highest BCUT2D eigenvalue weighted by atomic mass is 16.3. The van der Waals surface area contributed by atoms with Gasteiger partial charge in [0.05, 0.1) is 31.2 Å². The lowest BCUT2D eigenvalue weighted by Crippen LogP contribution is -2.17. The van der Waals surface area contributed by atoms with Crippen molar-refractivity contribution < 1.29 is 9.52 Å². The molecular weight excluding hydrogens is 220 g/mol. The Kier molecular flexibility index (Phi) is 3.89. The second kappa shape index (κ2) is 5.60. The number of nitrogens with one attached hydrogen (secondary N) is 1. The minimum atomic E-state index is 0.0685. The summed E-state index contributed by atoms with van der Waals surface area (Å²) in [4.78, 5) is 0. The Bertz CT molecular complexity index is 438. The predicted octanol–water partition coefficient (Wildman–Crippen LogP) is 0.714. The number of aromatic nitrogens is 3. The van der Waals surface area contributed by atoms with Crippen LogP contribution in [0.25, 0.3) is 0 Å². The average Bonchev–Trinajstić information content (AvgIpc) is 2.97. The Balaban J connectivity index is 1.84. The Morgan fingerprint density at radius 1 is 1.59 bits per heavy atom. The van der Waals surface area contributed by atoms with Gasteiger partial charge in [-0.15, -0.1) is 5.10 Å². The van der Waals surface area contributed by atoms with E-state index in [1.54, 1.807) is 10.9 Å². The lowest BCUT2D eigenvalue weighted by Gasteiger charge is -2.08. The molecule has 0 spiro atoms. The van der Waals surface area contributed by atoms with Crippen LogP contribution in [-0.4, -0.2) is 26.7 Å². The summed E-state index contributed by atoms with van der Waals surface area (Å²) >= 11 is 0. The van der Waals surface area contributed by atoms with E-state index in [0.717, 1.165) is 11.5 Å². The Hall–Kier alpha value is -1.66. The van der Waals surface area contributed by atoms with Crippen molar-refractivity contribution in [2.24, 2.45) is 0 Å². The molecule has 92 valence electrons. The highest BCUT2D eigenvalue weighted by molar-refractivity contribution is 5.03. The molecule has 2 aromatic rings. The Labute approximate surface area is 99.2 Å². The standard InChI is InChI=1S/C11H16N4O2/c1-9(11-3-2-6-17-11)12-7-10-8-15(4-5-16)14-13-10/h2-3,6,8-9,12,16H,4-5,7H2,1H3. The molecule has 0 aliphatic rings. The SMILES string of the molecule is CC(NCc1cn(CCO)nn1)c1ccco1.